The molecule has 70 valence electrons. The van der Waals surface area contributed by atoms with Crippen LogP contribution in [0.3, 0.4) is 0 Å². The molecule has 12 heavy (non-hydrogen) atoms. The topological polar surface area (TPSA) is 55.4 Å². The van der Waals surface area contributed by atoms with Crippen LogP contribution in [0.15, 0.2) is 0 Å². The van der Waals surface area contributed by atoms with Crippen molar-refractivity contribution >= 4 is 11.7 Å². The Labute approximate surface area is 72.3 Å². The largest absolute Gasteiger partial charge is 0.384 e. The van der Waals surface area contributed by atoms with E-state index in [4.69, 9.17) is 4.74 Å². The first-order valence-corrected chi connectivity index (χ1v) is 3.86. The van der Waals surface area contributed by atoms with Gasteiger partial charge in [0.25, 0.3) is 0 Å². The number of amides is 1. The lowest BCUT2D eigenvalue weighted by Crippen LogP contribution is -2.37. The van der Waals surface area contributed by atoms with Gasteiger partial charge in [-0.2, -0.15) is 0 Å². The molecule has 0 aliphatic carbocycles. The zero-order valence-corrected chi connectivity index (χ0v) is 7.72. The van der Waals surface area contributed by atoms with E-state index in [1.165, 1.54) is 14.0 Å². The maximum Gasteiger partial charge on any atom is 0.222 e. The minimum atomic E-state index is -0.394. The molecule has 0 rings (SSSR count). The van der Waals surface area contributed by atoms with Crippen molar-refractivity contribution in [3.63, 3.8) is 0 Å². The number of nitrogens with one attached hydrogen (secondary N) is 1. The van der Waals surface area contributed by atoms with E-state index in [1.807, 2.05) is 0 Å². The summed E-state index contributed by atoms with van der Waals surface area (Å²) in [6, 6.07) is -0.394. The van der Waals surface area contributed by atoms with Gasteiger partial charge < -0.3 is 10.1 Å². The van der Waals surface area contributed by atoms with Gasteiger partial charge in [-0.05, 0) is 13.8 Å². The lowest BCUT2D eigenvalue weighted by atomic mass is 10.2. The Morgan fingerprint density at radius 2 is 2.08 bits per heavy atom. The highest BCUT2D eigenvalue weighted by Crippen LogP contribution is 1.86. The van der Waals surface area contributed by atoms with Gasteiger partial charge in [-0.15, -0.1) is 0 Å². The number of hydrogen-bond acceptors (Lipinski definition) is 3. The quantitative estimate of drug-likeness (QED) is 0.642. The highest BCUT2D eigenvalue weighted by molar-refractivity contribution is 5.87. The summed E-state index contributed by atoms with van der Waals surface area (Å²) < 4.78 is 4.71. The number of rotatable bonds is 5. The fraction of sp³-hybridized carbons (Fsp3) is 0.750. The molecule has 1 unspecified atom stereocenters. The monoisotopic (exact) mass is 173 g/mol. The van der Waals surface area contributed by atoms with Crippen LogP contribution in [0.4, 0.5) is 0 Å². The van der Waals surface area contributed by atoms with Gasteiger partial charge in [0.15, 0.2) is 5.78 Å². The van der Waals surface area contributed by atoms with Gasteiger partial charge in [0.1, 0.15) is 0 Å². The first kappa shape index (κ1) is 11.1. The summed E-state index contributed by atoms with van der Waals surface area (Å²) in [6.45, 7) is 3.49. The molecule has 0 saturated carbocycles. The Kier molecular flexibility index (Phi) is 5.28. The van der Waals surface area contributed by atoms with E-state index >= 15 is 0 Å². The van der Waals surface area contributed by atoms with Crippen molar-refractivity contribution in [2.75, 3.05) is 13.7 Å². The van der Waals surface area contributed by atoms with Gasteiger partial charge in [-0.3, -0.25) is 9.59 Å². The molecule has 1 N–H and O–H groups in total. The van der Waals surface area contributed by atoms with Gasteiger partial charge >= 0.3 is 0 Å². The van der Waals surface area contributed by atoms with Crippen LogP contribution < -0.4 is 5.32 Å². The highest BCUT2D eigenvalue weighted by Gasteiger charge is 2.09. The lowest BCUT2D eigenvalue weighted by Gasteiger charge is -2.09. The van der Waals surface area contributed by atoms with Crippen LogP contribution in [-0.4, -0.2) is 31.4 Å². The molecule has 0 saturated heterocycles. The normalized spacial score (nSPS) is 12.2. The van der Waals surface area contributed by atoms with E-state index in [0.717, 1.165) is 0 Å². The SMILES string of the molecule is COCCC(=O)NC(C)C(C)=O. The number of methoxy groups -OCH3 is 1. The first-order chi connectivity index (χ1) is 5.57. The molecule has 0 aliphatic heterocycles. The predicted octanol–water partition coefficient (Wildman–Crippen LogP) is 0.117. The molecular formula is C8H15NO3. The summed E-state index contributed by atoms with van der Waals surface area (Å²) in [5, 5.41) is 2.55. The van der Waals surface area contributed by atoms with Crippen LogP contribution in [0, 0.1) is 0 Å². The third-order valence-electron chi connectivity index (χ3n) is 1.52. The van der Waals surface area contributed by atoms with Crippen LogP contribution in [0.25, 0.3) is 0 Å². The Morgan fingerprint density at radius 3 is 2.50 bits per heavy atom. The summed E-state index contributed by atoms with van der Waals surface area (Å²) in [5.74, 6) is -0.194. The molecule has 4 heteroatoms. The smallest absolute Gasteiger partial charge is 0.222 e. The van der Waals surface area contributed by atoms with Crippen molar-refractivity contribution in [2.24, 2.45) is 0 Å². The highest BCUT2D eigenvalue weighted by atomic mass is 16.5. The standard InChI is InChI=1S/C8H15NO3/c1-6(7(2)10)9-8(11)4-5-12-3/h6H,4-5H2,1-3H3,(H,9,11). The number of ether oxygens (including phenoxy) is 1. The van der Waals surface area contributed by atoms with Gasteiger partial charge in [0.05, 0.1) is 12.6 Å². The second-order valence-electron chi connectivity index (χ2n) is 2.64. The van der Waals surface area contributed by atoms with Gasteiger partial charge in [0, 0.05) is 13.5 Å². The molecule has 1 amide bonds. The third kappa shape index (κ3) is 4.85. The average Bonchev–Trinajstić information content (AvgIpc) is 2.00. The summed E-state index contributed by atoms with van der Waals surface area (Å²) in [4.78, 5) is 21.7. The molecular weight excluding hydrogens is 158 g/mol. The molecule has 0 aliphatic rings. The molecule has 0 radical (unpaired) electrons. The van der Waals surface area contributed by atoms with Crippen LogP contribution in [0.2, 0.25) is 0 Å². The van der Waals surface area contributed by atoms with Gasteiger partial charge in [0.2, 0.25) is 5.91 Å². The van der Waals surface area contributed by atoms with Crippen molar-refractivity contribution in [2.45, 2.75) is 26.3 Å². The number of Topliss-reactive ketones (excluding diaryl/α,β-unsaturated/α-hetero) is 1. The summed E-state index contributed by atoms with van der Waals surface area (Å²) in [6.07, 6.45) is 0.300. The third-order valence-corrected chi connectivity index (χ3v) is 1.52. The van der Waals surface area contributed by atoms with Crippen LogP contribution in [0.5, 0.6) is 0 Å². The van der Waals surface area contributed by atoms with E-state index in [2.05, 4.69) is 5.32 Å². The first-order valence-electron chi connectivity index (χ1n) is 3.86. The zero-order valence-electron chi connectivity index (χ0n) is 7.72. The van der Waals surface area contributed by atoms with Crippen molar-refractivity contribution in [1.29, 1.82) is 0 Å². The molecule has 0 aromatic heterocycles. The van der Waals surface area contributed by atoms with E-state index in [-0.39, 0.29) is 11.7 Å². The van der Waals surface area contributed by atoms with E-state index < -0.39 is 6.04 Å². The van der Waals surface area contributed by atoms with Gasteiger partial charge in [-0.25, -0.2) is 0 Å². The van der Waals surface area contributed by atoms with Crippen molar-refractivity contribution in [1.82, 2.24) is 5.32 Å². The lowest BCUT2D eigenvalue weighted by molar-refractivity contribution is -0.127. The molecule has 0 heterocycles. The number of hydrogen-bond donors (Lipinski definition) is 1. The summed E-state index contributed by atoms with van der Waals surface area (Å²) in [5.41, 5.74) is 0. The van der Waals surface area contributed by atoms with Crippen LogP contribution in [-0.2, 0) is 14.3 Å². The second kappa shape index (κ2) is 5.71. The Bertz CT molecular complexity index is 168. The van der Waals surface area contributed by atoms with E-state index in [9.17, 15) is 9.59 Å². The van der Waals surface area contributed by atoms with Crippen LogP contribution >= 0.6 is 0 Å². The Hall–Kier alpha value is -0.900. The average molecular weight is 173 g/mol. The predicted molar refractivity (Wildman–Crippen MR) is 44.8 cm³/mol. The molecule has 0 aromatic carbocycles. The number of carbonyl (C=O) groups excluding carboxylic acids is 2. The molecule has 0 aromatic rings. The van der Waals surface area contributed by atoms with E-state index in [1.54, 1.807) is 6.92 Å². The van der Waals surface area contributed by atoms with Gasteiger partial charge in [-0.1, -0.05) is 0 Å². The molecule has 1 atom stereocenters. The number of ketones is 1. The maximum atomic E-state index is 11.0. The zero-order chi connectivity index (χ0) is 9.56. The molecule has 4 nitrogen and oxygen atoms in total. The molecule has 0 fully saturated rings. The fourth-order valence-corrected chi connectivity index (χ4v) is 0.610. The minimum absolute atomic E-state index is 0.0410. The fourth-order valence-electron chi connectivity index (χ4n) is 0.610. The number of carbonyl (C=O) groups is 2. The maximum absolute atomic E-state index is 11.0. The minimum Gasteiger partial charge on any atom is -0.384 e. The van der Waals surface area contributed by atoms with Crippen molar-refractivity contribution in [3.05, 3.63) is 0 Å². The Balaban J connectivity index is 3.61. The molecule has 0 spiro atoms. The second-order valence-corrected chi connectivity index (χ2v) is 2.64. The Morgan fingerprint density at radius 1 is 1.50 bits per heavy atom. The molecule has 0 bridgehead atoms. The summed E-state index contributed by atoms with van der Waals surface area (Å²) in [7, 11) is 1.53. The van der Waals surface area contributed by atoms with Crippen molar-refractivity contribution in [3.8, 4) is 0 Å². The van der Waals surface area contributed by atoms with E-state index in [0.29, 0.717) is 13.0 Å². The van der Waals surface area contributed by atoms with Crippen molar-refractivity contribution < 1.29 is 14.3 Å². The van der Waals surface area contributed by atoms with Crippen LogP contribution in [0.1, 0.15) is 20.3 Å². The summed E-state index contributed by atoms with van der Waals surface area (Å²) >= 11 is 0.